The van der Waals surface area contributed by atoms with Gasteiger partial charge in [0.1, 0.15) is 11.6 Å². The zero-order valence-electron chi connectivity index (χ0n) is 11.6. The number of thioether (sulfide) groups is 1. The van der Waals surface area contributed by atoms with Crippen molar-refractivity contribution in [3.8, 4) is 0 Å². The summed E-state index contributed by atoms with van der Waals surface area (Å²) in [5.74, 6) is 2.35. The van der Waals surface area contributed by atoms with Crippen LogP contribution in [0, 0.1) is 19.7 Å². The smallest absolute Gasteiger partial charge is 0.208 e. The van der Waals surface area contributed by atoms with Gasteiger partial charge in [-0.15, -0.1) is 11.8 Å². The van der Waals surface area contributed by atoms with Crippen LogP contribution in [0.1, 0.15) is 35.4 Å². The molecule has 1 aromatic carbocycles. The second-order valence-electron chi connectivity index (χ2n) is 4.98. The SMILES string of the molecule is Cc1nc(CNC2CCSc3c(F)cccc32)oc1C. The van der Waals surface area contributed by atoms with Crippen LogP contribution in [0.4, 0.5) is 4.39 Å². The molecule has 1 aliphatic rings. The lowest BCUT2D eigenvalue weighted by molar-refractivity contribution is 0.415. The highest BCUT2D eigenvalue weighted by atomic mass is 32.2. The third-order valence-electron chi connectivity index (χ3n) is 3.60. The molecule has 3 rings (SSSR count). The summed E-state index contributed by atoms with van der Waals surface area (Å²) in [5, 5.41) is 3.43. The van der Waals surface area contributed by atoms with Gasteiger partial charge in [-0.3, -0.25) is 0 Å². The Morgan fingerprint density at radius 3 is 3.05 bits per heavy atom. The predicted octanol–water partition coefficient (Wildman–Crippen LogP) is 3.76. The molecule has 1 unspecified atom stereocenters. The lowest BCUT2D eigenvalue weighted by Gasteiger charge is -2.25. The number of oxazole rings is 1. The average Bonchev–Trinajstić information content (AvgIpc) is 2.76. The minimum Gasteiger partial charge on any atom is -0.444 e. The minimum atomic E-state index is -0.123. The fraction of sp³-hybridized carbons (Fsp3) is 0.400. The first-order valence-corrected chi connectivity index (χ1v) is 7.71. The number of nitrogens with zero attached hydrogens (tertiary/aromatic N) is 1. The van der Waals surface area contributed by atoms with E-state index in [2.05, 4.69) is 10.3 Å². The highest BCUT2D eigenvalue weighted by Gasteiger charge is 2.23. The summed E-state index contributed by atoms with van der Waals surface area (Å²) in [7, 11) is 0. The van der Waals surface area contributed by atoms with Crippen LogP contribution in [-0.4, -0.2) is 10.7 Å². The van der Waals surface area contributed by atoms with Crippen LogP contribution in [0.2, 0.25) is 0 Å². The molecule has 0 fully saturated rings. The maximum Gasteiger partial charge on any atom is 0.208 e. The van der Waals surface area contributed by atoms with Crippen molar-refractivity contribution in [1.82, 2.24) is 10.3 Å². The van der Waals surface area contributed by atoms with Crippen molar-refractivity contribution >= 4 is 11.8 Å². The van der Waals surface area contributed by atoms with Crippen LogP contribution in [-0.2, 0) is 6.54 Å². The Bertz CT molecular complexity index is 607. The third-order valence-corrected chi connectivity index (χ3v) is 4.76. The molecule has 0 amide bonds. The summed E-state index contributed by atoms with van der Waals surface area (Å²) < 4.78 is 19.3. The minimum absolute atomic E-state index is 0.123. The van der Waals surface area contributed by atoms with Gasteiger partial charge in [-0.2, -0.15) is 0 Å². The van der Waals surface area contributed by atoms with Crippen molar-refractivity contribution < 1.29 is 8.81 Å². The lowest BCUT2D eigenvalue weighted by atomic mass is 10.0. The highest BCUT2D eigenvalue weighted by Crippen LogP contribution is 2.37. The zero-order chi connectivity index (χ0) is 14.1. The van der Waals surface area contributed by atoms with Crippen LogP contribution in [0.3, 0.4) is 0 Å². The number of nitrogens with one attached hydrogen (secondary N) is 1. The van der Waals surface area contributed by atoms with Gasteiger partial charge in [-0.1, -0.05) is 12.1 Å². The normalized spacial score (nSPS) is 18.1. The molecule has 1 aliphatic heterocycles. The monoisotopic (exact) mass is 292 g/mol. The van der Waals surface area contributed by atoms with Crippen molar-refractivity contribution in [2.24, 2.45) is 0 Å². The van der Waals surface area contributed by atoms with Gasteiger partial charge in [0, 0.05) is 10.9 Å². The Balaban J connectivity index is 1.75. The van der Waals surface area contributed by atoms with Gasteiger partial charge >= 0.3 is 0 Å². The van der Waals surface area contributed by atoms with E-state index < -0.39 is 0 Å². The summed E-state index contributed by atoms with van der Waals surface area (Å²) in [6.07, 6.45) is 0.986. The maximum atomic E-state index is 13.8. The van der Waals surface area contributed by atoms with Gasteiger partial charge in [0.2, 0.25) is 5.89 Å². The predicted molar refractivity (Wildman–Crippen MR) is 77.3 cm³/mol. The molecule has 20 heavy (non-hydrogen) atoms. The molecular formula is C15H17FN2OS. The molecular weight excluding hydrogens is 275 g/mol. The molecule has 0 saturated carbocycles. The quantitative estimate of drug-likeness (QED) is 0.935. The number of rotatable bonds is 3. The first-order chi connectivity index (χ1) is 9.65. The van der Waals surface area contributed by atoms with E-state index in [1.165, 1.54) is 6.07 Å². The number of hydrogen-bond donors (Lipinski definition) is 1. The molecule has 1 aromatic heterocycles. The van der Waals surface area contributed by atoms with Crippen molar-refractivity contribution in [3.63, 3.8) is 0 Å². The van der Waals surface area contributed by atoms with Crippen molar-refractivity contribution in [2.75, 3.05) is 5.75 Å². The molecule has 1 N–H and O–H groups in total. The average molecular weight is 292 g/mol. The van der Waals surface area contributed by atoms with E-state index in [0.29, 0.717) is 12.4 Å². The van der Waals surface area contributed by atoms with Gasteiger partial charge in [0.25, 0.3) is 0 Å². The molecule has 0 bridgehead atoms. The first kappa shape index (κ1) is 13.6. The van der Waals surface area contributed by atoms with Crippen LogP contribution in [0.15, 0.2) is 27.5 Å². The van der Waals surface area contributed by atoms with E-state index in [1.54, 1.807) is 17.8 Å². The van der Waals surface area contributed by atoms with E-state index in [9.17, 15) is 4.39 Å². The summed E-state index contributed by atoms with van der Waals surface area (Å²) in [5.41, 5.74) is 1.97. The van der Waals surface area contributed by atoms with E-state index in [4.69, 9.17) is 4.42 Å². The van der Waals surface area contributed by atoms with E-state index in [0.717, 1.165) is 34.1 Å². The zero-order valence-corrected chi connectivity index (χ0v) is 12.4. The number of hydrogen-bond acceptors (Lipinski definition) is 4. The van der Waals surface area contributed by atoms with Crippen LogP contribution in [0.5, 0.6) is 0 Å². The Morgan fingerprint density at radius 1 is 1.45 bits per heavy atom. The van der Waals surface area contributed by atoms with Gasteiger partial charge in [-0.25, -0.2) is 9.37 Å². The van der Waals surface area contributed by atoms with Crippen molar-refractivity contribution in [2.45, 2.75) is 37.8 Å². The Labute approximate surface area is 122 Å². The van der Waals surface area contributed by atoms with Gasteiger partial charge in [-0.05, 0) is 37.7 Å². The van der Waals surface area contributed by atoms with Crippen molar-refractivity contribution in [1.29, 1.82) is 0 Å². The summed E-state index contributed by atoms with van der Waals surface area (Å²) >= 11 is 1.59. The largest absolute Gasteiger partial charge is 0.444 e. The van der Waals surface area contributed by atoms with E-state index in [1.807, 2.05) is 19.9 Å². The van der Waals surface area contributed by atoms with Crippen LogP contribution >= 0.6 is 11.8 Å². The maximum absolute atomic E-state index is 13.8. The van der Waals surface area contributed by atoms with Gasteiger partial charge in [0.15, 0.2) is 0 Å². The summed E-state index contributed by atoms with van der Waals surface area (Å²) in [4.78, 5) is 5.13. The summed E-state index contributed by atoms with van der Waals surface area (Å²) in [6, 6.07) is 5.45. The fourth-order valence-electron chi connectivity index (χ4n) is 2.42. The molecule has 0 aliphatic carbocycles. The van der Waals surface area contributed by atoms with Crippen LogP contribution < -0.4 is 5.32 Å². The van der Waals surface area contributed by atoms with E-state index in [-0.39, 0.29) is 11.9 Å². The molecule has 2 aromatic rings. The second kappa shape index (κ2) is 5.58. The van der Waals surface area contributed by atoms with Crippen molar-refractivity contribution in [3.05, 3.63) is 46.9 Å². The standard InChI is InChI=1S/C15H17FN2OS/c1-9-10(2)19-14(18-9)8-17-13-6-7-20-15-11(13)4-3-5-12(15)16/h3-5,13,17H,6-8H2,1-2H3. The molecule has 0 saturated heterocycles. The third kappa shape index (κ3) is 2.60. The molecule has 0 spiro atoms. The second-order valence-corrected chi connectivity index (χ2v) is 6.08. The first-order valence-electron chi connectivity index (χ1n) is 6.72. The Morgan fingerprint density at radius 2 is 2.30 bits per heavy atom. The Hall–Kier alpha value is -1.33. The molecule has 5 heteroatoms. The lowest BCUT2D eigenvalue weighted by Crippen LogP contribution is -2.24. The van der Waals surface area contributed by atoms with Gasteiger partial charge < -0.3 is 9.73 Å². The number of benzene rings is 1. The number of aryl methyl sites for hydroxylation is 2. The fourth-order valence-corrected chi connectivity index (χ4v) is 3.56. The topological polar surface area (TPSA) is 38.1 Å². The molecule has 0 radical (unpaired) electrons. The molecule has 3 nitrogen and oxygen atoms in total. The molecule has 1 atom stereocenters. The van der Waals surface area contributed by atoms with Crippen LogP contribution in [0.25, 0.3) is 0 Å². The number of aromatic nitrogens is 1. The molecule has 106 valence electrons. The van der Waals surface area contributed by atoms with E-state index >= 15 is 0 Å². The van der Waals surface area contributed by atoms with Gasteiger partial charge in [0.05, 0.1) is 12.2 Å². The molecule has 2 heterocycles. The Kier molecular flexibility index (Phi) is 3.81. The number of fused-ring (bicyclic) bond motifs is 1. The number of halogens is 1. The summed E-state index contributed by atoms with van der Waals surface area (Å²) in [6.45, 7) is 4.41. The highest BCUT2D eigenvalue weighted by molar-refractivity contribution is 7.99.